The van der Waals surface area contributed by atoms with Crippen molar-refractivity contribution in [2.75, 3.05) is 27.2 Å². The SMILES string of the molecule is CC(C)(C)OC=O.COc1ccc(-c2ncc3c(n2)-c2c(c4c(n2C)CC2(CN(C)C2)NC4=O)CC3)cc1. The highest BCUT2D eigenvalue weighted by Gasteiger charge is 2.48. The summed E-state index contributed by atoms with van der Waals surface area (Å²) in [5.41, 5.74) is 6.80. The number of hydrogen-bond donors (Lipinski definition) is 1. The summed E-state index contributed by atoms with van der Waals surface area (Å²) >= 11 is 0. The molecule has 1 spiro atoms. The van der Waals surface area contributed by atoms with Gasteiger partial charge in [0.05, 0.1) is 29.6 Å². The Labute approximate surface area is 223 Å². The molecule has 0 saturated carbocycles. The number of ether oxygens (including phenoxy) is 2. The predicted octanol–water partition coefficient (Wildman–Crippen LogP) is 3.18. The zero-order chi connectivity index (χ0) is 27.2. The van der Waals surface area contributed by atoms with E-state index >= 15 is 0 Å². The molecule has 0 atom stereocenters. The van der Waals surface area contributed by atoms with Gasteiger partial charge >= 0.3 is 0 Å². The summed E-state index contributed by atoms with van der Waals surface area (Å²) in [6.07, 6.45) is 4.51. The highest BCUT2D eigenvalue weighted by Crippen LogP contribution is 2.41. The molecule has 2 aliphatic heterocycles. The number of nitrogens with one attached hydrogen (secondary N) is 1. The second-order valence-corrected chi connectivity index (χ2v) is 11.4. The van der Waals surface area contributed by atoms with Gasteiger partial charge < -0.3 is 24.3 Å². The molecule has 3 aliphatic rings. The van der Waals surface area contributed by atoms with Crippen LogP contribution in [0.5, 0.6) is 5.75 Å². The number of rotatable bonds is 3. The van der Waals surface area contributed by atoms with Crippen LogP contribution < -0.4 is 10.1 Å². The average molecular weight is 518 g/mol. The lowest BCUT2D eigenvalue weighted by atomic mass is 9.80. The molecule has 1 saturated heterocycles. The summed E-state index contributed by atoms with van der Waals surface area (Å²) in [6, 6.07) is 7.80. The first-order valence-electron chi connectivity index (χ1n) is 12.9. The molecule has 6 rings (SSSR count). The molecule has 0 unspecified atom stereocenters. The third-order valence-corrected chi connectivity index (χ3v) is 7.36. The van der Waals surface area contributed by atoms with Crippen molar-refractivity contribution in [1.29, 1.82) is 0 Å². The third-order valence-electron chi connectivity index (χ3n) is 7.36. The van der Waals surface area contributed by atoms with Crippen molar-refractivity contribution in [3.05, 3.63) is 52.8 Å². The third kappa shape index (κ3) is 4.67. The van der Waals surface area contributed by atoms with Gasteiger partial charge in [0.1, 0.15) is 11.4 Å². The smallest absolute Gasteiger partial charge is 0.293 e. The van der Waals surface area contributed by atoms with Gasteiger partial charge in [0, 0.05) is 44.0 Å². The maximum atomic E-state index is 13.2. The maximum absolute atomic E-state index is 13.2. The van der Waals surface area contributed by atoms with E-state index in [0.29, 0.717) is 12.3 Å². The largest absolute Gasteiger partial charge is 0.497 e. The van der Waals surface area contributed by atoms with Gasteiger partial charge in [0.25, 0.3) is 12.4 Å². The molecule has 1 fully saturated rings. The lowest BCUT2D eigenvalue weighted by Gasteiger charge is -2.51. The summed E-state index contributed by atoms with van der Waals surface area (Å²) < 4.78 is 12.0. The van der Waals surface area contributed by atoms with Crippen LogP contribution in [-0.4, -0.2) is 70.2 Å². The van der Waals surface area contributed by atoms with Crippen LogP contribution >= 0.6 is 0 Å². The molecule has 2 aromatic heterocycles. The number of nitrogens with zero attached hydrogens (tertiary/aromatic N) is 4. The molecule has 0 bridgehead atoms. The van der Waals surface area contributed by atoms with Gasteiger partial charge in [-0.25, -0.2) is 9.97 Å². The van der Waals surface area contributed by atoms with E-state index in [1.807, 2.05) is 51.2 Å². The number of amides is 1. The van der Waals surface area contributed by atoms with Crippen LogP contribution in [0.2, 0.25) is 0 Å². The van der Waals surface area contributed by atoms with Crippen molar-refractivity contribution in [1.82, 2.24) is 24.8 Å². The number of carbonyl (C=O) groups excluding carboxylic acids is 2. The second-order valence-electron chi connectivity index (χ2n) is 11.4. The Hall–Kier alpha value is -3.72. The van der Waals surface area contributed by atoms with Crippen LogP contribution in [0.3, 0.4) is 0 Å². The highest BCUT2D eigenvalue weighted by atomic mass is 16.5. The molecule has 3 aromatic rings. The van der Waals surface area contributed by atoms with E-state index in [2.05, 4.69) is 38.6 Å². The lowest BCUT2D eigenvalue weighted by Crippen LogP contribution is -2.71. The number of likely N-dealkylation sites (N-methyl/N-ethyl adjacent to an activating group) is 1. The first-order valence-corrected chi connectivity index (χ1v) is 12.9. The van der Waals surface area contributed by atoms with Crippen LogP contribution in [0.4, 0.5) is 0 Å². The molecule has 9 heteroatoms. The van der Waals surface area contributed by atoms with Crippen LogP contribution in [0.1, 0.15) is 48.0 Å². The highest BCUT2D eigenvalue weighted by molar-refractivity contribution is 6.01. The summed E-state index contributed by atoms with van der Waals surface area (Å²) in [6.45, 7) is 7.72. The Morgan fingerprint density at radius 3 is 2.39 bits per heavy atom. The van der Waals surface area contributed by atoms with Crippen LogP contribution in [-0.2, 0) is 35.8 Å². The fourth-order valence-corrected chi connectivity index (χ4v) is 5.74. The molecular formula is C29H35N5O4. The predicted molar refractivity (Wildman–Crippen MR) is 144 cm³/mol. The number of aromatic nitrogens is 3. The number of aryl methyl sites for hydroxylation is 1. The van der Waals surface area contributed by atoms with Crippen LogP contribution in [0.15, 0.2) is 30.5 Å². The van der Waals surface area contributed by atoms with Crippen molar-refractivity contribution < 1.29 is 19.1 Å². The Bertz CT molecular complexity index is 1380. The number of carbonyl (C=O) groups is 2. The number of hydrogen-bond acceptors (Lipinski definition) is 7. The van der Waals surface area contributed by atoms with E-state index in [9.17, 15) is 9.59 Å². The summed E-state index contributed by atoms with van der Waals surface area (Å²) in [5.74, 6) is 1.56. The molecule has 9 nitrogen and oxygen atoms in total. The zero-order valence-electron chi connectivity index (χ0n) is 22.9. The topological polar surface area (TPSA) is 98.6 Å². The van der Waals surface area contributed by atoms with Gasteiger partial charge in [0.2, 0.25) is 0 Å². The molecule has 1 aliphatic carbocycles. The maximum Gasteiger partial charge on any atom is 0.293 e. The first kappa shape index (κ1) is 25.9. The van der Waals surface area contributed by atoms with Crippen molar-refractivity contribution in [3.8, 4) is 28.5 Å². The number of benzene rings is 1. The Morgan fingerprint density at radius 1 is 1.11 bits per heavy atom. The van der Waals surface area contributed by atoms with E-state index in [0.717, 1.165) is 77.4 Å². The van der Waals surface area contributed by atoms with Gasteiger partial charge in [-0.2, -0.15) is 0 Å². The van der Waals surface area contributed by atoms with E-state index in [1.54, 1.807) is 7.11 Å². The van der Waals surface area contributed by atoms with E-state index < -0.39 is 0 Å². The normalized spacial score (nSPS) is 17.2. The Balaban J connectivity index is 0.000000374. The van der Waals surface area contributed by atoms with Gasteiger partial charge in [-0.15, -0.1) is 0 Å². The minimum absolute atomic E-state index is 0.0686. The summed E-state index contributed by atoms with van der Waals surface area (Å²) in [7, 11) is 5.83. The zero-order valence-corrected chi connectivity index (χ0v) is 22.9. The molecule has 38 heavy (non-hydrogen) atoms. The van der Waals surface area contributed by atoms with Crippen LogP contribution in [0, 0.1) is 0 Å². The van der Waals surface area contributed by atoms with Gasteiger partial charge in [0.15, 0.2) is 5.82 Å². The second kappa shape index (κ2) is 9.54. The number of fused-ring (bicyclic) bond motifs is 5. The van der Waals surface area contributed by atoms with Crippen molar-refractivity contribution >= 4 is 12.4 Å². The summed E-state index contributed by atoms with van der Waals surface area (Å²) in [5, 5.41) is 3.31. The fourth-order valence-electron chi connectivity index (χ4n) is 5.74. The quantitative estimate of drug-likeness (QED) is 0.533. The summed E-state index contributed by atoms with van der Waals surface area (Å²) in [4.78, 5) is 34.6. The van der Waals surface area contributed by atoms with Crippen molar-refractivity contribution in [2.24, 2.45) is 7.05 Å². The number of methoxy groups -OCH3 is 1. The molecule has 0 radical (unpaired) electrons. The molecule has 1 amide bonds. The van der Waals surface area contributed by atoms with E-state index in [-0.39, 0.29) is 17.0 Å². The number of likely N-dealkylation sites (tertiary alicyclic amines) is 1. The molecule has 1 aromatic carbocycles. The van der Waals surface area contributed by atoms with Crippen molar-refractivity contribution in [2.45, 2.75) is 51.2 Å². The average Bonchev–Trinajstić information content (AvgIpc) is 3.15. The molecule has 200 valence electrons. The van der Waals surface area contributed by atoms with E-state index in [1.165, 1.54) is 0 Å². The van der Waals surface area contributed by atoms with Crippen molar-refractivity contribution in [3.63, 3.8) is 0 Å². The van der Waals surface area contributed by atoms with Gasteiger partial charge in [-0.05, 0) is 76.1 Å². The fraction of sp³-hybridized carbons (Fsp3) is 0.448. The molecular weight excluding hydrogens is 482 g/mol. The Kier molecular flexibility index (Phi) is 6.51. The minimum Gasteiger partial charge on any atom is -0.497 e. The monoisotopic (exact) mass is 517 g/mol. The lowest BCUT2D eigenvalue weighted by molar-refractivity contribution is -0.138. The standard InChI is InChI=1S/C24H25N5O2.C5H10O2/c1-28-12-24(13-28)10-18-19(23(30)27-24)17-9-6-15-11-25-22(26-20(15)21(17)29(18)2)14-4-7-16(31-3)8-5-14;1-5(2,3)7-4-6/h4-5,7-8,11H,6,9-10,12-13H2,1-3H3,(H,27,30);4H,1-3H3. The van der Waals surface area contributed by atoms with Gasteiger partial charge in [-0.3, -0.25) is 9.59 Å². The molecule has 1 N–H and O–H groups in total. The van der Waals surface area contributed by atoms with Gasteiger partial charge in [-0.1, -0.05) is 0 Å². The minimum atomic E-state index is -0.318. The van der Waals surface area contributed by atoms with E-state index in [4.69, 9.17) is 9.72 Å². The first-order chi connectivity index (χ1) is 18.0. The van der Waals surface area contributed by atoms with Crippen LogP contribution in [0.25, 0.3) is 22.8 Å². The Morgan fingerprint density at radius 2 is 1.82 bits per heavy atom. The molecule has 4 heterocycles.